The summed E-state index contributed by atoms with van der Waals surface area (Å²) in [6.45, 7) is 2.67. The van der Waals surface area contributed by atoms with Crippen LogP contribution in [0.1, 0.15) is 11.1 Å². The van der Waals surface area contributed by atoms with Gasteiger partial charge in [0.2, 0.25) is 0 Å². The predicted molar refractivity (Wildman–Crippen MR) is 85.9 cm³/mol. The SMILES string of the molecule is CNc1cccc(N(C)Cc2ccccc2C)c1[N+](=O)[O-]. The number of benzene rings is 2. The molecule has 0 fully saturated rings. The van der Waals surface area contributed by atoms with Crippen molar-refractivity contribution in [2.24, 2.45) is 0 Å². The summed E-state index contributed by atoms with van der Waals surface area (Å²) in [5.41, 5.74) is 3.57. The van der Waals surface area contributed by atoms with Crippen molar-refractivity contribution < 1.29 is 4.92 Å². The number of nitro groups is 1. The van der Waals surface area contributed by atoms with Gasteiger partial charge in [-0.1, -0.05) is 30.3 Å². The summed E-state index contributed by atoms with van der Waals surface area (Å²) in [4.78, 5) is 12.9. The molecule has 0 amide bonds. The number of para-hydroxylation sites is 1. The summed E-state index contributed by atoms with van der Waals surface area (Å²) >= 11 is 0. The van der Waals surface area contributed by atoms with E-state index in [1.54, 1.807) is 19.2 Å². The molecule has 0 heterocycles. The van der Waals surface area contributed by atoms with Crippen LogP contribution in [0, 0.1) is 17.0 Å². The summed E-state index contributed by atoms with van der Waals surface area (Å²) < 4.78 is 0. The lowest BCUT2D eigenvalue weighted by Gasteiger charge is -2.21. The van der Waals surface area contributed by atoms with Gasteiger partial charge in [-0.25, -0.2) is 0 Å². The van der Waals surface area contributed by atoms with Gasteiger partial charge in [-0.2, -0.15) is 0 Å². The third-order valence-corrected chi connectivity index (χ3v) is 3.55. The van der Waals surface area contributed by atoms with E-state index in [2.05, 4.69) is 5.32 Å². The number of hydrogen-bond acceptors (Lipinski definition) is 4. The summed E-state index contributed by atoms with van der Waals surface area (Å²) in [7, 11) is 3.56. The molecule has 0 aliphatic rings. The minimum atomic E-state index is -0.338. The van der Waals surface area contributed by atoms with Crippen LogP contribution < -0.4 is 10.2 Å². The second kappa shape index (κ2) is 6.26. The molecular formula is C16H19N3O2. The van der Waals surface area contributed by atoms with Crippen LogP contribution >= 0.6 is 0 Å². The monoisotopic (exact) mass is 285 g/mol. The second-order valence-corrected chi connectivity index (χ2v) is 4.96. The fraction of sp³-hybridized carbons (Fsp3) is 0.250. The number of aryl methyl sites for hydroxylation is 1. The third-order valence-electron chi connectivity index (χ3n) is 3.55. The van der Waals surface area contributed by atoms with Crippen LogP contribution in [-0.2, 0) is 6.54 Å². The Balaban J connectivity index is 2.37. The number of rotatable bonds is 5. The first kappa shape index (κ1) is 14.8. The third kappa shape index (κ3) is 3.13. The number of nitro benzene ring substituents is 1. The van der Waals surface area contributed by atoms with Gasteiger partial charge < -0.3 is 10.2 Å². The molecule has 0 radical (unpaired) electrons. The summed E-state index contributed by atoms with van der Waals surface area (Å²) in [6, 6.07) is 13.4. The van der Waals surface area contributed by atoms with Crippen molar-refractivity contribution in [2.45, 2.75) is 13.5 Å². The largest absolute Gasteiger partial charge is 0.382 e. The van der Waals surface area contributed by atoms with Crippen molar-refractivity contribution in [3.63, 3.8) is 0 Å². The molecular weight excluding hydrogens is 266 g/mol. The molecule has 110 valence electrons. The van der Waals surface area contributed by atoms with E-state index >= 15 is 0 Å². The average Bonchev–Trinajstić information content (AvgIpc) is 2.48. The molecule has 2 aromatic carbocycles. The highest BCUT2D eigenvalue weighted by Crippen LogP contribution is 2.35. The lowest BCUT2D eigenvalue weighted by Crippen LogP contribution is -2.18. The van der Waals surface area contributed by atoms with Gasteiger partial charge in [0.05, 0.1) is 4.92 Å². The highest BCUT2D eigenvalue weighted by molar-refractivity contribution is 5.76. The molecule has 5 nitrogen and oxygen atoms in total. The van der Waals surface area contributed by atoms with E-state index in [9.17, 15) is 10.1 Å². The van der Waals surface area contributed by atoms with Crippen molar-refractivity contribution in [3.05, 3.63) is 63.7 Å². The molecule has 0 saturated carbocycles. The van der Waals surface area contributed by atoms with Crippen LogP contribution in [0.4, 0.5) is 17.1 Å². The lowest BCUT2D eigenvalue weighted by atomic mass is 10.1. The molecule has 0 saturated heterocycles. The topological polar surface area (TPSA) is 58.4 Å². The van der Waals surface area contributed by atoms with E-state index in [1.165, 1.54) is 5.56 Å². The van der Waals surface area contributed by atoms with Gasteiger partial charge >= 0.3 is 5.69 Å². The van der Waals surface area contributed by atoms with Gasteiger partial charge in [-0.05, 0) is 30.2 Å². The zero-order chi connectivity index (χ0) is 15.4. The zero-order valence-corrected chi connectivity index (χ0v) is 12.5. The van der Waals surface area contributed by atoms with Crippen LogP contribution in [-0.4, -0.2) is 19.0 Å². The number of hydrogen-bond donors (Lipinski definition) is 1. The maximum Gasteiger partial charge on any atom is 0.315 e. The minimum absolute atomic E-state index is 0.107. The Kier molecular flexibility index (Phi) is 4.42. The van der Waals surface area contributed by atoms with E-state index in [4.69, 9.17) is 0 Å². The first-order valence-corrected chi connectivity index (χ1v) is 6.75. The molecule has 0 atom stereocenters. The van der Waals surface area contributed by atoms with Crippen molar-refractivity contribution in [3.8, 4) is 0 Å². The normalized spacial score (nSPS) is 10.2. The molecule has 0 spiro atoms. The Morgan fingerprint density at radius 3 is 2.52 bits per heavy atom. The van der Waals surface area contributed by atoms with Crippen molar-refractivity contribution >= 4 is 17.1 Å². The van der Waals surface area contributed by atoms with Gasteiger partial charge in [0, 0.05) is 20.6 Å². The highest BCUT2D eigenvalue weighted by atomic mass is 16.6. The van der Waals surface area contributed by atoms with Gasteiger partial charge in [-0.3, -0.25) is 10.1 Å². The molecule has 0 aliphatic heterocycles. The van der Waals surface area contributed by atoms with Crippen LogP contribution in [0.3, 0.4) is 0 Å². The van der Waals surface area contributed by atoms with Gasteiger partial charge in [0.1, 0.15) is 11.4 Å². The Labute approximate surface area is 124 Å². The van der Waals surface area contributed by atoms with Gasteiger partial charge in [-0.15, -0.1) is 0 Å². The number of nitrogens with zero attached hydrogens (tertiary/aromatic N) is 2. The quantitative estimate of drug-likeness (QED) is 0.674. The van der Waals surface area contributed by atoms with Gasteiger partial charge in [0.15, 0.2) is 0 Å². The standard InChI is InChI=1S/C16H19N3O2/c1-12-7-4-5-8-13(12)11-18(3)15-10-6-9-14(17-2)16(15)19(20)21/h4-10,17H,11H2,1-3H3. The Bertz CT molecular complexity index is 656. The first-order chi connectivity index (χ1) is 10.0. The van der Waals surface area contributed by atoms with E-state index in [0.29, 0.717) is 17.9 Å². The summed E-state index contributed by atoms with van der Waals surface area (Å²) in [6.07, 6.45) is 0. The van der Waals surface area contributed by atoms with Gasteiger partial charge in [0.25, 0.3) is 0 Å². The molecule has 0 unspecified atom stereocenters. The molecule has 1 N–H and O–H groups in total. The Morgan fingerprint density at radius 1 is 1.19 bits per heavy atom. The Hall–Kier alpha value is -2.56. The molecule has 5 heteroatoms. The molecule has 0 bridgehead atoms. The lowest BCUT2D eigenvalue weighted by molar-refractivity contribution is -0.383. The molecule has 0 aliphatic carbocycles. The van der Waals surface area contributed by atoms with Crippen molar-refractivity contribution in [1.29, 1.82) is 0 Å². The van der Waals surface area contributed by atoms with Crippen molar-refractivity contribution in [1.82, 2.24) is 0 Å². The zero-order valence-electron chi connectivity index (χ0n) is 12.5. The maximum atomic E-state index is 11.4. The fourth-order valence-corrected chi connectivity index (χ4v) is 2.36. The molecule has 21 heavy (non-hydrogen) atoms. The minimum Gasteiger partial charge on any atom is -0.382 e. The van der Waals surface area contributed by atoms with E-state index < -0.39 is 0 Å². The molecule has 2 rings (SSSR count). The first-order valence-electron chi connectivity index (χ1n) is 6.75. The highest BCUT2D eigenvalue weighted by Gasteiger charge is 2.21. The van der Waals surface area contributed by atoms with Crippen LogP contribution in [0.15, 0.2) is 42.5 Å². The van der Waals surface area contributed by atoms with Crippen molar-refractivity contribution in [2.75, 3.05) is 24.3 Å². The molecule has 0 aromatic heterocycles. The molecule has 2 aromatic rings. The fourth-order valence-electron chi connectivity index (χ4n) is 2.36. The second-order valence-electron chi connectivity index (χ2n) is 4.96. The maximum absolute atomic E-state index is 11.4. The smallest absolute Gasteiger partial charge is 0.315 e. The summed E-state index contributed by atoms with van der Waals surface area (Å²) in [5, 5.41) is 14.2. The van der Waals surface area contributed by atoms with Crippen LogP contribution in [0.5, 0.6) is 0 Å². The summed E-state index contributed by atoms with van der Waals surface area (Å²) in [5.74, 6) is 0. The average molecular weight is 285 g/mol. The van der Waals surface area contributed by atoms with E-state index in [0.717, 1.165) is 5.56 Å². The van der Waals surface area contributed by atoms with Crippen LogP contribution in [0.2, 0.25) is 0 Å². The van der Waals surface area contributed by atoms with Crippen LogP contribution in [0.25, 0.3) is 0 Å². The number of anilines is 2. The van der Waals surface area contributed by atoms with E-state index in [1.807, 2.05) is 49.2 Å². The van der Waals surface area contributed by atoms with E-state index in [-0.39, 0.29) is 10.6 Å². The number of nitrogens with one attached hydrogen (secondary N) is 1. The predicted octanol–water partition coefficient (Wildman–Crippen LogP) is 3.58. The Morgan fingerprint density at radius 2 is 1.90 bits per heavy atom.